The van der Waals surface area contributed by atoms with E-state index in [1.807, 2.05) is 18.2 Å². The van der Waals surface area contributed by atoms with Crippen molar-refractivity contribution in [3.63, 3.8) is 0 Å². The molecule has 84 valence electrons. The highest BCUT2D eigenvalue weighted by Crippen LogP contribution is 2.09. The number of benzene rings is 1. The van der Waals surface area contributed by atoms with Crippen LogP contribution in [-0.4, -0.2) is 19.0 Å². The molecule has 0 unspecified atom stereocenters. The minimum Gasteiger partial charge on any atom is -0.463 e. The Bertz CT molecular complexity index is 406. The van der Waals surface area contributed by atoms with Crippen LogP contribution < -0.4 is 0 Å². The Hall–Kier alpha value is -2.10. The molecule has 1 rings (SSSR count). The van der Waals surface area contributed by atoms with E-state index in [2.05, 4.69) is 4.74 Å². The lowest BCUT2D eigenvalue weighted by molar-refractivity contribution is -0.148. The molecule has 0 aromatic heterocycles. The molecule has 0 fully saturated rings. The van der Waals surface area contributed by atoms with Crippen molar-refractivity contribution in [2.24, 2.45) is 0 Å². The Labute approximate surface area is 93.5 Å². The number of rotatable bonds is 3. The highest BCUT2D eigenvalue weighted by atomic mass is 16.6. The first-order chi connectivity index (χ1) is 7.63. The molecule has 0 aliphatic heterocycles. The van der Waals surface area contributed by atoms with Crippen molar-refractivity contribution in [3.05, 3.63) is 41.7 Å². The van der Waals surface area contributed by atoms with Gasteiger partial charge in [-0.15, -0.1) is 0 Å². The van der Waals surface area contributed by atoms with Crippen molar-refractivity contribution in [3.8, 4) is 0 Å². The van der Waals surface area contributed by atoms with E-state index in [1.54, 1.807) is 12.1 Å². The van der Waals surface area contributed by atoms with Crippen LogP contribution in [0.5, 0.6) is 0 Å². The molecule has 0 amide bonds. The van der Waals surface area contributed by atoms with Gasteiger partial charge in [-0.25, -0.2) is 4.79 Å². The first-order valence-corrected chi connectivity index (χ1v) is 4.67. The number of hydrogen-bond donors (Lipinski definition) is 0. The topological polar surface area (TPSA) is 52.6 Å². The third-order valence-electron chi connectivity index (χ3n) is 1.74. The molecule has 1 aromatic carbocycles. The zero-order valence-corrected chi connectivity index (χ0v) is 9.10. The zero-order valence-electron chi connectivity index (χ0n) is 9.10. The molecule has 0 atom stereocenters. The third-order valence-corrected chi connectivity index (χ3v) is 1.74. The fourth-order valence-corrected chi connectivity index (χ4v) is 1.09. The lowest BCUT2D eigenvalue weighted by atomic mass is 10.2. The van der Waals surface area contributed by atoms with E-state index in [1.165, 1.54) is 20.1 Å². The molecule has 4 nitrogen and oxygen atoms in total. The van der Waals surface area contributed by atoms with Gasteiger partial charge in [-0.3, -0.25) is 4.79 Å². The highest BCUT2D eigenvalue weighted by Gasteiger charge is 2.13. The normalized spacial score (nSPS) is 10.8. The van der Waals surface area contributed by atoms with Gasteiger partial charge in [0.25, 0.3) is 0 Å². The van der Waals surface area contributed by atoms with E-state index in [-0.39, 0.29) is 5.76 Å². The van der Waals surface area contributed by atoms with Gasteiger partial charge in [0.2, 0.25) is 5.76 Å². The first kappa shape index (κ1) is 12.0. The zero-order chi connectivity index (χ0) is 12.0. The van der Waals surface area contributed by atoms with Gasteiger partial charge in [0.05, 0.1) is 7.11 Å². The molecular weight excluding hydrogens is 208 g/mol. The molecule has 0 heterocycles. The molecule has 0 saturated heterocycles. The number of carbonyl (C=O) groups excluding carboxylic acids is 2. The van der Waals surface area contributed by atoms with Crippen molar-refractivity contribution in [1.82, 2.24) is 0 Å². The number of ether oxygens (including phenoxy) is 2. The van der Waals surface area contributed by atoms with E-state index >= 15 is 0 Å². The molecule has 0 aliphatic carbocycles. The second-order valence-corrected chi connectivity index (χ2v) is 3.00. The molecule has 4 heteroatoms. The summed E-state index contributed by atoms with van der Waals surface area (Å²) < 4.78 is 9.26. The molecule has 0 spiro atoms. The van der Waals surface area contributed by atoms with Gasteiger partial charge in [-0.05, 0) is 11.6 Å². The SMILES string of the molecule is COC(=O)/C(=C/c1ccccc1)OC(C)=O. The predicted octanol–water partition coefficient (Wildman–Crippen LogP) is 1.76. The van der Waals surface area contributed by atoms with Crippen LogP contribution in [0.25, 0.3) is 6.08 Å². The number of carbonyl (C=O) groups is 2. The monoisotopic (exact) mass is 220 g/mol. The molecule has 0 radical (unpaired) electrons. The fraction of sp³-hybridized carbons (Fsp3) is 0.167. The Kier molecular flexibility index (Phi) is 4.27. The van der Waals surface area contributed by atoms with Crippen LogP contribution in [0, 0.1) is 0 Å². The van der Waals surface area contributed by atoms with Crippen molar-refractivity contribution < 1.29 is 19.1 Å². The molecular formula is C12H12O4. The number of methoxy groups -OCH3 is 1. The van der Waals surface area contributed by atoms with Crippen molar-refractivity contribution in [2.45, 2.75) is 6.92 Å². The largest absolute Gasteiger partial charge is 0.463 e. The van der Waals surface area contributed by atoms with Crippen LogP contribution in [0.1, 0.15) is 12.5 Å². The van der Waals surface area contributed by atoms with Crippen LogP contribution in [0.3, 0.4) is 0 Å². The van der Waals surface area contributed by atoms with Crippen LogP contribution in [0.15, 0.2) is 36.1 Å². The van der Waals surface area contributed by atoms with Gasteiger partial charge >= 0.3 is 11.9 Å². The molecule has 0 saturated carbocycles. The predicted molar refractivity (Wildman–Crippen MR) is 58.2 cm³/mol. The van der Waals surface area contributed by atoms with Gasteiger partial charge in [0, 0.05) is 6.92 Å². The lowest BCUT2D eigenvalue weighted by Gasteiger charge is -2.04. The second kappa shape index (κ2) is 5.70. The minimum absolute atomic E-state index is 0.124. The highest BCUT2D eigenvalue weighted by molar-refractivity contribution is 5.93. The number of esters is 2. The quantitative estimate of drug-likeness (QED) is 0.442. The second-order valence-electron chi connectivity index (χ2n) is 3.00. The Balaban J connectivity index is 2.96. The van der Waals surface area contributed by atoms with Crippen LogP contribution in [0.2, 0.25) is 0 Å². The standard InChI is InChI=1S/C12H12O4/c1-9(13)16-11(12(14)15-2)8-10-6-4-3-5-7-10/h3-8H,1-2H3/b11-8-. The fourth-order valence-electron chi connectivity index (χ4n) is 1.09. The van der Waals surface area contributed by atoms with E-state index in [0.29, 0.717) is 0 Å². The summed E-state index contributed by atoms with van der Waals surface area (Å²) in [6.07, 6.45) is 1.45. The van der Waals surface area contributed by atoms with E-state index in [4.69, 9.17) is 4.74 Å². The molecule has 16 heavy (non-hydrogen) atoms. The lowest BCUT2D eigenvalue weighted by Crippen LogP contribution is -2.10. The third kappa shape index (κ3) is 3.57. The maximum atomic E-state index is 11.3. The summed E-state index contributed by atoms with van der Waals surface area (Å²) in [6, 6.07) is 9.04. The smallest absolute Gasteiger partial charge is 0.374 e. The van der Waals surface area contributed by atoms with Crippen LogP contribution in [-0.2, 0) is 19.1 Å². The summed E-state index contributed by atoms with van der Waals surface area (Å²) in [5, 5.41) is 0. The van der Waals surface area contributed by atoms with Crippen molar-refractivity contribution in [2.75, 3.05) is 7.11 Å². The number of hydrogen-bond acceptors (Lipinski definition) is 4. The Morgan fingerprint density at radius 2 is 1.81 bits per heavy atom. The van der Waals surface area contributed by atoms with Gasteiger partial charge in [-0.1, -0.05) is 30.3 Å². The summed E-state index contributed by atoms with van der Waals surface area (Å²) >= 11 is 0. The average Bonchev–Trinajstić information content (AvgIpc) is 2.28. The van der Waals surface area contributed by atoms with E-state index < -0.39 is 11.9 Å². The summed E-state index contributed by atoms with van der Waals surface area (Å²) in [6.45, 7) is 1.22. The van der Waals surface area contributed by atoms with Gasteiger partial charge < -0.3 is 9.47 Å². The molecule has 0 bridgehead atoms. The maximum Gasteiger partial charge on any atom is 0.374 e. The van der Waals surface area contributed by atoms with E-state index in [0.717, 1.165) is 5.56 Å². The van der Waals surface area contributed by atoms with Gasteiger partial charge in [0.15, 0.2) is 0 Å². The Morgan fingerprint density at radius 1 is 1.19 bits per heavy atom. The van der Waals surface area contributed by atoms with E-state index in [9.17, 15) is 9.59 Å². The van der Waals surface area contributed by atoms with Gasteiger partial charge in [0.1, 0.15) is 0 Å². The Morgan fingerprint density at radius 3 is 2.31 bits per heavy atom. The van der Waals surface area contributed by atoms with Crippen molar-refractivity contribution in [1.29, 1.82) is 0 Å². The molecule has 0 N–H and O–H groups in total. The summed E-state index contributed by atoms with van der Waals surface area (Å²) in [7, 11) is 1.23. The molecule has 0 aliphatic rings. The summed E-state index contributed by atoms with van der Waals surface area (Å²) in [5.41, 5.74) is 0.754. The first-order valence-electron chi connectivity index (χ1n) is 4.67. The van der Waals surface area contributed by atoms with Crippen LogP contribution >= 0.6 is 0 Å². The molecule has 1 aromatic rings. The van der Waals surface area contributed by atoms with Gasteiger partial charge in [-0.2, -0.15) is 0 Å². The average molecular weight is 220 g/mol. The van der Waals surface area contributed by atoms with Crippen molar-refractivity contribution >= 4 is 18.0 Å². The summed E-state index contributed by atoms with van der Waals surface area (Å²) in [5.74, 6) is -1.37. The van der Waals surface area contributed by atoms with Crippen LogP contribution in [0.4, 0.5) is 0 Å². The summed E-state index contributed by atoms with van der Waals surface area (Å²) in [4.78, 5) is 22.1. The maximum absolute atomic E-state index is 11.3. The minimum atomic E-state index is -0.681.